The van der Waals surface area contributed by atoms with E-state index in [0.717, 1.165) is 47.9 Å². The van der Waals surface area contributed by atoms with Gasteiger partial charge in [0.05, 0.1) is 11.3 Å². The second-order valence-electron chi connectivity index (χ2n) is 6.60. The summed E-state index contributed by atoms with van der Waals surface area (Å²) in [5.74, 6) is -4.50. The lowest BCUT2D eigenvalue weighted by Crippen LogP contribution is -2.23. The van der Waals surface area contributed by atoms with Gasteiger partial charge in [-0.05, 0) is 36.8 Å². The van der Waals surface area contributed by atoms with Crippen LogP contribution in [0.4, 0.5) is 32.0 Å². The molecule has 0 spiro atoms. The van der Waals surface area contributed by atoms with Crippen LogP contribution in [0.15, 0.2) is 46.3 Å². The van der Waals surface area contributed by atoms with Crippen molar-refractivity contribution in [2.24, 2.45) is 4.99 Å². The SMILES string of the molecule is Cc1cc(F)c(/N=C(\c2cccc(C(F)(F)F)c2)N(C)C#N)cc1SCC(C)(F)F. The zero-order valence-corrected chi connectivity index (χ0v) is 17.0. The van der Waals surface area contributed by atoms with Crippen molar-refractivity contribution in [3.63, 3.8) is 0 Å². The first-order chi connectivity index (χ1) is 13.8. The van der Waals surface area contributed by atoms with E-state index in [1.807, 2.05) is 0 Å². The maximum absolute atomic E-state index is 14.5. The van der Waals surface area contributed by atoms with Gasteiger partial charge < -0.3 is 0 Å². The number of alkyl halides is 5. The Labute approximate surface area is 174 Å². The second-order valence-corrected chi connectivity index (χ2v) is 7.62. The molecule has 0 N–H and O–H groups in total. The highest BCUT2D eigenvalue weighted by molar-refractivity contribution is 7.99. The number of aliphatic imine (C=N–C) groups is 1. The number of hydrogen-bond donors (Lipinski definition) is 0. The molecule has 0 aromatic heterocycles. The molecule has 0 saturated carbocycles. The molecular weight excluding hydrogens is 428 g/mol. The molecule has 0 atom stereocenters. The standard InChI is InChI=1S/C20H17F6N3S/c1-12-7-15(21)16(9-17(12)30-10-19(2,22)23)28-18(29(3)11-27)13-5-4-6-14(8-13)20(24,25)26/h4-9H,10H2,1-3H3/b28-18+. The molecule has 0 aliphatic rings. The highest BCUT2D eigenvalue weighted by atomic mass is 32.2. The summed E-state index contributed by atoms with van der Waals surface area (Å²) in [5, 5.41) is 9.21. The molecule has 2 rings (SSSR count). The summed E-state index contributed by atoms with van der Waals surface area (Å²) in [7, 11) is 1.26. The lowest BCUT2D eigenvalue weighted by Gasteiger charge is -2.16. The first-order valence-corrected chi connectivity index (χ1v) is 9.51. The molecule has 0 amide bonds. The van der Waals surface area contributed by atoms with Crippen molar-refractivity contribution in [1.82, 2.24) is 4.90 Å². The maximum atomic E-state index is 14.5. The van der Waals surface area contributed by atoms with E-state index >= 15 is 0 Å². The van der Waals surface area contributed by atoms with Crippen LogP contribution in [-0.4, -0.2) is 29.5 Å². The number of nitrogens with zero attached hydrogens (tertiary/aromatic N) is 3. The largest absolute Gasteiger partial charge is 0.416 e. The van der Waals surface area contributed by atoms with Crippen LogP contribution in [0.2, 0.25) is 0 Å². The number of aryl methyl sites for hydroxylation is 1. The van der Waals surface area contributed by atoms with Gasteiger partial charge in [0.2, 0.25) is 0 Å². The molecule has 2 aromatic carbocycles. The van der Waals surface area contributed by atoms with E-state index in [1.54, 1.807) is 13.1 Å². The van der Waals surface area contributed by atoms with Crippen LogP contribution >= 0.6 is 11.8 Å². The van der Waals surface area contributed by atoms with Gasteiger partial charge in [-0.2, -0.15) is 18.4 Å². The Morgan fingerprint density at radius 2 is 1.83 bits per heavy atom. The lowest BCUT2D eigenvalue weighted by atomic mass is 10.1. The molecule has 30 heavy (non-hydrogen) atoms. The number of rotatable bonds is 5. The average Bonchev–Trinajstić information content (AvgIpc) is 2.64. The van der Waals surface area contributed by atoms with Gasteiger partial charge >= 0.3 is 6.18 Å². The van der Waals surface area contributed by atoms with Gasteiger partial charge in [-0.3, -0.25) is 4.90 Å². The molecule has 0 aliphatic carbocycles. The quantitative estimate of drug-likeness (QED) is 0.134. The fourth-order valence-electron chi connectivity index (χ4n) is 2.42. The zero-order chi connectivity index (χ0) is 22.7. The molecule has 0 fully saturated rings. The fraction of sp³-hybridized carbons (Fsp3) is 0.300. The molecular formula is C20H17F6N3S. The normalized spacial score (nSPS) is 12.6. The van der Waals surface area contributed by atoms with E-state index in [2.05, 4.69) is 4.99 Å². The number of hydrogen-bond acceptors (Lipinski definition) is 3. The summed E-state index contributed by atoms with van der Waals surface area (Å²) in [5.41, 5.74) is -0.875. The minimum Gasteiger partial charge on any atom is -0.266 e. The molecule has 0 unspecified atom stereocenters. The van der Waals surface area contributed by atoms with Gasteiger partial charge in [0.1, 0.15) is 17.3 Å². The van der Waals surface area contributed by atoms with E-state index in [0.29, 0.717) is 10.5 Å². The van der Waals surface area contributed by atoms with Crippen molar-refractivity contribution in [2.75, 3.05) is 12.8 Å². The molecule has 0 saturated heterocycles. The highest BCUT2D eigenvalue weighted by Gasteiger charge is 2.31. The minimum absolute atomic E-state index is 0.0526. The van der Waals surface area contributed by atoms with Gasteiger partial charge in [-0.1, -0.05) is 12.1 Å². The highest BCUT2D eigenvalue weighted by Crippen LogP contribution is 2.34. The van der Waals surface area contributed by atoms with Crippen LogP contribution in [0, 0.1) is 24.2 Å². The monoisotopic (exact) mass is 445 g/mol. The summed E-state index contributed by atoms with van der Waals surface area (Å²) in [6.07, 6.45) is -2.89. The Kier molecular flexibility index (Phi) is 7.08. The van der Waals surface area contributed by atoms with Crippen molar-refractivity contribution < 1.29 is 26.3 Å². The molecule has 0 heterocycles. The number of nitriles is 1. The van der Waals surface area contributed by atoms with Crippen LogP contribution in [0.1, 0.15) is 23.6 Å². The number of benzene rings is 2. The summed E-state index contributed by atoms with van der Waals surface area (Å²) in [4.78, 5) is 5.28. The third-order valence-electron chi connectivity index (χ3n) is 3.87. The number of halogens is 6. The molecule has 2 aromatic rings. The van der Waals surface area contributed by atoms with Gasteiger partial charge in [-0.25, -0.2) is 18.2 Å². The minimum atomic E-state index is -4.61. The van der Waals surface area contributed by atoms with Crippen molar-refractivity contribution in [3.8, 4) is 6.19 Å². The Hall–Kier alpha value is -2.67. The number of thioether (sulfide) groups is 1. The summed E-state index contributed by atoms with van der Waals surface area (Å²) in [6, 6.07) is 6.45. The Balaban J connectivity index is 2.56. The summed E-state index contributed by atoms with van der Waals surface area (Å²) < 4.78 is 80.0. The maximum Gasteiger partial charge on any atom is 0.416 e. The number of amidine groups is 1. The summed E-state index contributed by atoms with van der Waals surface area (Å²) in [6.45, 7) is 2.30. The van der Waals surface area contributed by atoms with Crippen LogP contribution in [-0.2, 0) is 6.18 Å². The summed E-state index contributed by atoms with van der Waals surface area (Å²) >= 11 is 0.806. The lowest BCUT2D eigenvalue weighted by molar-refractivity contribution is -0.137. The van der Waals surface area contributed by atoms with E-state index in [9.17, 15) is 31.6 Å². The van der Waals surface area contributed by atoms with Crippen LogP contribution in [0.5, 0.6) is 0 Å². The van der Waals surface area contributed by atoms with Crippen molar-refractivity contribution in [1.29, 1.82) is 5.26 Å². The van der Waals surface area contributed by atoms with Gasteiger partial charge in [0.15, 0.2) is 6.19 Å². The Morgan fingerprint density at radius 1 is 1.17 bits per heavy atom. The topological polar surface area (TPSA) is 39.4 Å². The van der Waals surface area contributed by atoms with Crippen molar-refractivity contribution in [2.45, 2.75) is 30.8 Å². The molecule has 10 heteroatoms. The fourth-order valence-corrected chi connectivity index (χ4v) is 3.31. The van der Waals surface area contributed by atoms with E-state index in [4.69, 9.17) is 0 Å². The molecule has 0 bridgehead atoms. The predicted octanol–water partition coefficient (Wildman–Crippen LogP) is 6.39. The first-order valence-electron chi connectivity index (χ1n) is 8.52. The average molecular weight is 445 g/mol. The van der Waals surface area contributed by atoms with Crippen molar-refractivity contribution in [3.05, 3.63) is 58.9 Å². The van der Waals surface area contributed by atoms with Gasteiger partial charge in [0, 0.05) is 24.4 Å². The predicted molar refractivity (Wildman–Crippen MR) is 103 cm³/mol. The van der Waals surface area contributed by atoms with Gasteiger partial charge in [0.25, 0.3) is 5.92 Å². The first kappa shape index (κ1) is 23.6. The van der Waals surface area contributed by atoms with E-state index in [-0.39, 0.29) is 17.1 Å². The molecule has 3 nitrogen and oxygen atoms in total. The zero-order valence-electron chi connectivity index (χ0n) is 16.2. The van der Waals surface area contributed by atoms with Crippen LogP contribution in [0.25, 0.3) is 0 Å². The smallest absolute Gasteiger partial charge is 0.266 e. The van der Waals surface area contributed by atoms with Crippen molar-refractivity contribution >= 4 is 23.3 Å². The molecule has 0 radical (unpaired) electrons. The Bertz CT molecular complexity index is 990. The molecule has 0 aliphatic heterocycles. The van der Waals surface area contributed by atoms with Crippen LogP contribution in [0.3, 0.4) is 0 Å². The van der Waals surface area contributed by atoms with E-state index < -0.39 is 29.2 Å². The van der Waals surface area contributed by atoms with E-state index in [1.165, 1.54) is 19.2 Å². The van der Waals surface area contributed by atoms with Gasteiger partial charge in [-0.15, -0.1) is 11.8 Å². The third kappa shape index (κ3) is 6.16. The van der Waals surface area contributed by atoms with Crippen LogP contribution < -0.4 is 0 Å². The second kappa shape index (κ2) is 9.00. The third-order valence-corrected chi connectivity index (χ3v) is 5.27. The Morgan fingerprint density at radius 3 is 2.40 bits per heavy atom. The molecule has 160 valence electrons.